The number of nitrogens with one attached hydrogen (secondary N) is 4. The molecule has 0 saturated carbocycles. The zero-order valence-corrected chi connectivity index (χ0v) is 70.4. The van der Waals surface area contributed by atoms with E-state index in [1.165, 1.54) is 42.7 Å². The number of methoxy groups -OCH3 is 6. The molecule has 123 heavy (non-hydrogen) atoms. The van der Waals surface area contributed by atoms with Crippen molar-refractivity contribution in [1.29, 1.82) is 0 Å². The lowest BCUT2D eigenvalue weighted by Crippen LogP contribution is -2.42. The number of carboxylic acid groups (broad SMARTS) is 2. The van der Waals surface area contributed by atoms with Crippen molar-refractivity contribution in [2.75, 3.05) is 49.3 Å². The number of esters is 6. The summed E-state index contributed by atoms with van der Waals surface area (Å²) in [6.45, 7) is 23.1. The quantitative estimate of drug-likeness (QED) is 0.0236. The summed E-state index contributed by atoms with van der Waals surface area (Å²) < 4.78 is 37.0. The van der Waals surface area contributed by atoms with Gasteiger partial charge in [-0.05, 0) is 196 Å². The van der Waals surface area contributed by atoms with E-state index in [2.05, 4.69) is 43.2 Å². The number of carbonyl (C=O) groups excluding carboxylic acids is 7. The normalized spacial score (nSPS) is 19.8. The highest BCUT2D eigenvalue weighted by atomic mass is 16.6. The molecule has 1 amide bonds. The molecule has 12 heterocycles. The maximum atomic E-state index is 13.7. The molecule has 1 fully saturated rings. The fraction of sp³-hybridized carbons (Fsp3) is 0.344. The lowest BCUT2D eigenvalue weighted by Gasteiger charge is -2.36. The molecule has 5 aliphatic heterocycles. The number of amides is 1. The summed E-state index contributed by atoms with van der Waals surface area (Å²) in [7, 11) is 7.78. The molecule has 7 aliphatic rings. The molecule has 2 aliphatic carbocycles. The number of ether oxygens (including phenoxy) is 7. The SMILES string of the molecule is C=CC1=C(C)c2cc3nc(cc4[nH]c(cc5[nH]c(cc1n2)c(C)c5CCC(=O)O)c(CCC(=O)OC)c4C)[C@@]1(C)C3=CC=C(C(=O)OC)[C@H]1C(=O)OC.C=CC1=C(C)c2cc3nc(cc4[nH]c(cc5[nH]c(cc1n2)c(C)c5CCC(=O)OC)c(CCC(=O)O)c4C)[C@@]1(C)C3=CC=C(C(=O)OC)[C@H]1C(=O)OC.NC(=O)c1ncn([C@@H]2O[C@H](CO)[C@@H](O)[C@H]2O)n1. The van der Waals surface area contributed by atoms with Crippen molar-refractivity contribution in [1.82, 2.24) is 54.6 Å². The molecule has 7 aromatic rings. The molecule has 0 aromatic carbocycles. The van der Waals surface area contributed by atoms with Crippen molar-refractivity contribution in [3.8, 4) is 0 Å². The largest absolute Gasteiger partial charge is 0.481 e. The van der Waals surface area contributed by atoms with E-state index in [0.717, 1.165) is 94.4 Å². The molecule has 11 N–H and O–H groups in total. The second-order valence-corrected chi connectivity index (χ2v) is 30.7. The van der Waals surface area contributed by atoms with Gasteiger partial charge in [0, 0.05) is 81.0 Å². The highest BCUT2D eigenvalue weighted by Crippen LogP contribution is 2.55. The van der Waals surface area contributed by atoms with E-state index in [4.69, 9.17) is 63.9 Å². The fourth-order valence-corrected chi connectivity index (χ4v) is 17.0. The molecule has 7 aromatic heterocycles. The number of carbonyl (C=O) groups is 9. The Morgan fingerprint density at radius 2 is 0.862 bits per heavy atom. The van der Waals surface area contributed by atoms with Crippen LogP contribution >= 0.6 is 0 Å². The number of primary amides is 1. The van der Waals surface area contributed by atoms with Gasteiger partial charge in [0.15, 0.2) is 6.23 Å². The summed E-state index contributed by atoms with van der Waals surface area (Å²) in [6, 6.07) is 15.2. The van der Waals surface area contributed by atoms with Crippen molar-refractivity contribution in [3.63, 3.8) is 0 Å². The third-order valence-corrected chi connectivity index (χ3v) is 23.9. The first-order valence-corrected chi connectivity index (χ1v) is 39.3. The molecule has 14 rings (SSSR count). The molecule has 642 valence electrons. The third kappa shape index (κ3) is 16.7. The minimum atomic E-state index is -1.27. The molecule has 0 radical (unpaired) electrons. The van der Waals surface area contributed by atoms with Crippen molar-refractivity contribution >= 4 is 131 Å². The van der Waals surface area contributed by atoms with E-state index in [-0.39, 0.29) is 67.4 Å². The number of aromatic amines is 4. The van der Waals surface area contributed by atoms with Gasteiger partial charge >= 0.3 is 47.8 Å². The van der Waals surface area contributed by atoms with Gasteiger partial charge in [-0.25, -0.2) is 29.2 Å². The predicted molar refractivity (Wildman–Crippen MR) is 452 cm³/mol. The van der Waals surface area contributed by atoms with Crippen LogP contribution in [0.4, 0.5) is 0 Å². The van der Waals surface area contributed by atoms with Crippen LogP contribution in [0, 0.1) is 39.5 Å². The number of nitrogens with zero attached hydrogens (tertiary/aromatic N) is 7. The minimum Gasteiger partial charge on any atom is -0.481 e. The number of allylic oxidation sites excluding steroid dienone is 12. The number of aryl methyl sites for hydroxylation is 8. The zero-order valence-electron chi connectivity index (χ0n) is 70.4. The molecule has 0 spiro atoms. The second kappa shape index (κ2) is 36.0. The van der Waals surface area contributed by atoms with E-state index in [9.17, 15) is 63.6 Å². The number of nitrogens with two attached hydrogens (primary N) is 1. The molecular formula is C90H96N12O21. The standard InChI is InChI=1S/2C41H42N4O8.C8H12N4O5/c1-9-23-20(2)29-17-34-27-13-10-26(39(49)52-7)38(40(50)53-8)41(27,5)35(45-34)19-30-22(4)24(11-14-36(46)47)32(44-30)18-33-25(12-15-37(48)51-6)21(3)28(43-33)16-31(23)42-29;1-9-23-20(2)29-17-34-27-13-10-26(39(49)52-7)38(40(50)53-8)41(27,5)35(45-34)19-30-22(4)25(12-15-37(48)51-6)33(44-30)18-32-24(11-14-36(46)47)21(3)28(43-32)16-31(23)42-29;9-6(16)7-10-2-12(11-7)8-5(15)4(14)3(1-13)17-8/h2*9-10,13,16-19,38,43-44H,1,11-12,14-15H2,2-8H3,(H,46,47);2-5,8,13-15H,1H2,(H2,9,16)/t2*38-,41+;3-,4-,5-,8-/m001/s1. The number of hydrogen-bond donors (Lipinski definition) is 10. The lowest BCUT2D eigenvalue weighted by atomic mass is 9.64. The number of H-pyrrole nitrogens is 4. The number of carboxylic acids is 2. The Morgan fingerprint density at radius 1 is 0.488 bits per heavy atom. The highest BCUT2D eigenvalue weighted by molar-refractivity contribution is 6.05. The molecular weight excluding hydrogens is 1590 g/mol. The first-order chi connectivity index (χ1) is 58.6. The number of rotatable bonds is 21. The maximum Gasteiger partial charge on any atom is 0.334 e. The lowest BCUT2D eigenvalue weighted by molar-refractivity contribution is -0.149. The third-order valence-electron chi connectivity index (χ3n) is 23.9. The number of aliphatic carboxylic acids is 2. The zero-order chi connectivity index (χ0) is 89.3. The maximum absolute atomic E-state index is 13.7. The number of aromatic nitrogens is 11. The van der Waals surface area contributed by atoms with Gasteiger partial charge in [-0.3, -0.25) is 43.5 Å². The van der Waals surface area contributed by atoms with E-state index >= 15 is 0 Å². The number of aliphatic hydroxyl groups is 3. The van der Waals surface area contributed by atoms with Crippen LogP contribution in [0.2, 0.25) is 0 Å². The fourth-order valence-electron chi connectivity index (χ4n) is 17.0. The Hall–Kier alpha value is -13.6. The van der Waals surface area contributed by atoms with Crippen LogP contribution in [0.5, 0.6) is 0 Å². The highest BCUT2D eigenvalue weighted by Gasteiger charge is 2.56. The molecule has 8 atom stereocenters. The Kier molecular flexibility index (Phi) is 25.9. The van der Waals surface area contributed by atoms with Crippen LogP contribution in [-0.2, 0) is 108 Å². The van der Waals surface area contributed by atoms with E-state index in [0.29, 0.717) is 97.1 Å². The van der Waals surface area contributed by atoms with E-state index < -0.39 is 95.5 Å². The summed E-state index contributed by atoms with van der Waals surface area (Å²) >= 11 is 0. The van der Waals surface area contributed by atoms with Gasteiger partial charge in [-0.1, -0.05) is 49.6 Å². The minimum absolute atomic E-state index is 0.0715. The Labute approximate surface area is 704 Å². The van der Waals surface area contributed by atoms with Crippen LogP contribution in [-0.4, -0.2) is 201 Å². The van der Waals surface area contributed by atoms with Gasteiger partial charge in [0.1, 0.15) is 36.5 Å². The van der Waals surface area contributed by atoms with Gasteiger partial charge in [0.2, 0.25) is 5.82 Å². The predicted octanol–water partition coefficient (Wildman–Crippen LogP) is 9.82. The number of hydrogen-bond acceptors (Lipinski definition) is 25. The van der Waals surface area contributed by atoms with Crippen LogP contribution in [0.3, 0.4) is 0 Å². The Morgan fingerprint density at radius 3 is 1.18 bits per heavy atom. The monoisotopic (exact) mass is 1680 g/mol. The van der Waals surface area contributed by atoms with Gasteiger partial charge in [-0.15, -0.1) is 5.10 Å². The topological polar surface area (TPSA) is 491 Å². The van der Waals surface area contributed by atoms with Gasteiger partial charge in [0.05, 0.1) is 117 Å². The van der Waals surface area contributed by atoms with E-state index in [1.807, 2.05) is 104 Å². The van der Waals surface area contributed by atoms with Gasteiger partial charge in [0.25, 0.3) is 5.91 Å². The Bertz CT molecular complexity index is 6190. The first-order valence-electron chi connectivity index (χ1n) is 39.3. The average molecular weight is 1680 g/mol. The Balaban J connectivity index is 0.000000188. The summed E-state index contributed by atoms with van der Waals surface area (Å²) in [6.07, 6.45) is 8.34. The van der Waals surface area contributed by atoms with Crippen LogP contribution in [0.1, 0.15) is 160 Å². The van der Waals surface area contributed by atoms with Gasteiger partial charge in [-0.2, -0.15) is 0 Å². The molecule has 1 saturated heterocycles. The molecule has 33 heteroatoms. The van der Waals surface area contributed by atoms with E-state index in [1.54, 1.807) is 36.5 Å². The number of fused-ring (bicyclic) bond motifs is 22. The number of aliphatic hydroxyl groups excluding tert-OH is 3. The van der Waals surface area contributed by atoms with Crippen molar-refractivity contribution in [2.45, 2.75) is 142 Å². The average Bonchev–Trinajstić information content (AvgIpc) is 1.57. The second-order valence-electron chi connectivity index (χ2n) is 30.7. The summed E-state index contributed by atoms with van der Waals surface area (Å²) in [5.74, 6) is -8.37. The summed E-state index contributed by atoms with van der Waals surface area (Å²) in [5, 5.41) is 51.1. The van der Waals surface area contributed by atoms with Crippen molar-refractivity contribution < 1.29 is 102 Å². The van der Waals surface area contributed by atoms with Crippen LogP contribution in [0.25, 0.3) is 77.6 Å². The molecule has 0 unspecified atom stereocenters. The first kappa shape index (κ1) is 88.7. The van der Waals surface area contributed by atoms with Crippen molar-refractivity contribution in [3.05, 3.63) is 212 Å². The molecule has 16 bridgehead atoms. The summed E-state index contributed by atoms with van der Waals surface area (Å²) in [5.41, 5.74) is 24.8. The van der Waals surface area contributed by atoms with Crippen LogP contribution < -0.4 is 5.73 Å². The van der Waals surface area contributed by atoms with Gasteiger partial charge < -0.3 is 84.4 Å². The smallest absolute Gasteiger partial charge is 0.334 e. The molecule has 33 nitrogen and oxygen atoms in total. The van der Waals surface area contributed by atoms with Crippen LogP contribution in [0.15, 0.2) is 116 Å². The summed E-state index contributed by atoms with van der Waals surface area (Å²) in [4.78, 5) is 151. The van der Waals surface area contributed by atoms with Crippen molar-refractivity contribution in [2.24, 2.45) is 17.6 Å².